The Morgan fingerprint density at radius 3 is 2.50 bits per heavy atom. The summed E-state index contributed by atoms with van der Waals surface area (Å²) in [5.41, 5.74) is 0. The monoisotopic (exact) mass is 195 g/mol. The van der Waals surface area contributed by atoms with Crippen LogP contribution in [0.3, 0.4) is 0 Å². The van der Waals surface area contributed by atoms with Gasteiger partial charge in [0.2, 0.25) is 0 Å². The summed E-state index contributed by atoms with van der Waals surface area (Å²) in [5.74, 6) is 0. The molecular formula is C7H15O4S-. The van der Waals surface area contributed by atoms with Crippen molar-refractivity contribution in [1.82, 2.24) is 0 Å². The van der Waals surface area contributed by atoms with Gasteiger partial charge < -0.3 is 4.55 Å². The van der Waals surface area contributed by atoms with Crippen LogP contribution in [0.25, 0.3) is 0 Å². The molecule has 0 aromatic rings. The average molecular weight is 195 g/mol. The smallest absolute Gasteiger partial charge is 0.120 e. The SMILES string of the molecule is CCCCCCCOOS(=O)[O-]. The average Bonchev–Trinajstić information content (AvgIpc) is 2.02. The van der Waals surface area contributed by atoms with Crippen LogP contribution in [0.1, 0.15) is 39.0 Å². The lowest BCUT2D eigenvalue weighted by molar-refractivity contribution is -0.203. The zero-order chi connectivity index (χ0) is 9.23. The van der Waals surface area contributed by atoms with Gasteiger partial charge in [0.15, 0.2) is 0 Å². The van der Waals surface area contributed by atoms with Crippen molar-refractivity contribution in [2.75, 3.05) is 6.61 Å². The lowest BCUT2D eigenvalue weighted by atomic mass is 10.2. The molecule has 0 spiro atoms. The predicted octanol–water partition coefficient (Wildman–Crippen LogP) is 1.70. The van der Waals surface area contributed by atoms with Crippen molar-refractivity contribution in [2.24, 2.45) is 0 Å². The molecule has 0 aromatic carbocycles. The van der Waals surface area contributed by atoms with Crippen molar-refractivity contribution < 1.29 is 18.0 Å². The van der Waals surface area contributed by atoms with Gasteiger partial charge in [0.05, 0.1) is 6.61 Å². The van der Waals surface area contributed by atoms with E-state index in [9.17, 15) is 8.76 Å². The molecule has 5 heteroatoms. The molecule has 0 amide bonds. The summed E-state index contributed by atoms with van der Waals surface area (Å²) in [4.78, 5) is 4.36. The Kier molecular flexibility index (Phi) is 9.14. The Balaban J connectivity index is 2.86. The largest absolute Gasteiger partial charge is 0.748 e. The summed E-state index contributed by atoms with van der Waals surface area (Å²) in [6.45, 7) is 2.48. The van der Waals surface area contributed by atoms with Gasteiger partial charge in [-0.1, -0.05) is 32.6 Å². The van der Waals surface area contributed by atoms with E-state index in [-0.39, 0.29) is 0 Å². The third-order valence-corrected chi connectivity index (χ3v) is 1.64. The number of rotatable bonds is 8. The fourth-order valence-electron chi connectivity index (χ4n) is 0.838. The van der Waals surface area contributed by atoms with Crippen LogP contribution in [0.15, 0.2) is 0 Å². The van der Waals surface area contributed by atoms with Gasteiger partial charge in [0.1, 0.15) is 11.4 Å². The first-order valence-electron chi connectivity index (χ1n) is 4.16. The van der Waals surface area contributed by atoms with E-state index in [1.54, 1.807) is 0 Å². The second-order valence-corrected chi connectivity index (χ2v) is 3.05. The standard InChI is InChI=1S/C7H16O4S/c1-2-3-4-5-6-7-10-11-12(8)9/h2-7H2,1H3,(H,8,9)/p-1. The Labute approximate surface area is 75.7 Å². The van der Waals surface area contributed by atoms with E-state index in [1.165, 1.54) is 19.3 Å². The fraction of sp³-hybridized carbons (Fsp3) is 1.00. The van der Waals surface area contributed by atoms with Crippen LogP contribution in [-0.4, -0.2) is 15.4 Å². The van der Waals surface area contributed by atoms with Crippen molar-refractivity contribution >= 4 is 11.4 Å². The molecule has 0 rings (SSSR count). The van der Waals surface area contributed by atoms with Crippen molar-refractivity contribution in [3.05, 3.63) is 0 Å². The second kappa shape index (κ2) is 9.12. The van der Waals surface area contributed by atoms with Gasteiger partial charge in [0.25, 0.3) is 0 Å². The van der Waals surface area contributed by atoms with Gasteiger partial charge >= 0.3 is 0 Å². The third kappa shape index (κ3) is 10.0. The van der Waals surface area contributed by atoms with Crippen LogP contribution in [-0.2, 0) is 20.6 Å². The molecular weight excluding hydrogens is 180 g/mol. The molecule has 0 aliphatic rings. The first-order chi connectivity index (χ1) is 5.77. The Bertz CT molecular complexity index is 118. The fourth-order valence-corrected chi connectivity index (χ4v) is 0.984. The quantitative estimate of drug-likeness (QED) is 0.256. The highest BCUT2D eigenvalue weighted by Gasteiger charge is 1.90. The van der Waals surface area contributed by atoms with Crippen molar-refractivity contribution in [3.8, 4) is 0 Å². The second-order valence-electron chi connectivity index (χ2n) is 2.51. The van der Waals surface area contributed by atoms with Gasteiger partial charge in [0, 0.05) is 0 Å². The maximum absolute atomic E-state index is 9.79. The molecule has 1 unspecified atom stereocenters. The molecule has 0 aliphatic carbocycles. The number of hydrogen-bond acceptors (Lipinski definition) is 4. The molecule has 74 valence electrons. The summed E-state index contributed by atoms with van der Waals surface area (Å²) < 4.78 is 23.4. The molecule has 0 saturated heterocycles. The van der Waals surface area contributed by atoms with Crippen molar-refractivity contribution in [2.45, 2.75) is 39.0 Å². The van der Waals surface area contributed by atoms with Crippen LogP contribution in [0, 0.1) is 0 Å². The van der Waals surface area contributed by atoms with Gasteiger partial charge in [-0.3, -0.25) is 0 Å². The molecule has 0 bridgehead atoms. The van der Waals surface area contributed by atoms with Crippen LogP contribution < -0.4 is 0 Å². The zero-order valence-electron chi connectivity index (χ0n) is 7.28. The molecule has 4 nitrogen and oxygen atoms in total. The third-order valence-electron chi connectivity index (χ3n) is 1.43. The first-order valence-corrected chi connectivity index (χ1v) is 5.16. The maximum atomic E-state index is 9.79. The van der Waals surface area contributed by atoms with Gasteiger partial charge in [-0.2, -0.15) is 0 Å². The molecule has 0 fully saturated rings. The minimum Gasteiger partial charge on any atom is -0.748 e. The predicted molar refractivity (Wildman–Crippen MR) is 44.7 cm³/mol. The van der Waals surface area contributed by atoms with Crippen LogP contribution >= 0.6 is 0 Å². The van der Waals surface area contributed by atoms with Crippen molar-refractivity contribution in [3.63, 3.8) is 0 Å². The summed E-state index contributed by atoms with van der Waals surface area (Å²) >= 11 is -2.55. The topological polar surface area (TPSA) is 58.6 Å². The summed E-state index contributed by atoms with van der Waals surface area (Å²) in [5, 5.41) is 0. The summed E-state index contributed by atoms with van der Waals surface area (Å²) in [6, 6.07) is 0. The lowest BCUT2D eigenvalue weighted by Crippen LogP contribution is -1.99. The molecule has 0 heterocycles. The van der Waals surface area contributed by atoms with E-state index in [2.05, 4.69) is 16.1 Å². The molecule has 1 atom stereocenters. The number of unbranched alkanes of at least 4 members (excludes halogenated alkanes) is 4. The van der Waals surface area contributed by atoms with E-state index in [4.69, 9.17) is 0 Å². The van der Waals surface area contributed by atoms with E-state index < -0.39 is 11.4 Å². The van der Waals surface area contributed by atoms with E-state index in [0.29, 0.717) is 6.61 Å². The first kappa shape index (κ1) is 12.0. The Morgan fingerprint density at radius 2 is 1.92 bits per heavy atom. The lowest BCUT2D eigenvalue weighted by Gasteiger charge is -2.04. The van der Waals surface area contributed by atoms with Gasteiger partial charge in [-0.15, -0.1) is 4.33 Å². The Morgan fingerprint density at radius 1 is 1.25 bits per heavy atom. The summed E-state index contributed by atoms with van der Waals surface area (Å²) in [7, 11) is 0. The van der Waals surface area contributed by atoms with Crippen LogP contribution in [0.4, 0.5) is 0 Å². The molecule has 12 heavy (non-hydrogen) atoms. The van der Waals surface area contributed by atoms with Crippen LogP contribution in [0.2, 0.25) is 0 Å². The molecule has 0 aliphatic heterocycles. The molecule has 0 aromatic heterocycles. The zero-order valence-corrected chi connectivity index (χ0v) is 8.10. The highest BCUT2D eigenvalue weighted by molar-refractivity contribution is 7.73. The number of hydrogen-bond donors (Lipinski definition) is 0. The van der Waals surface area contributed by atoms with E-state index >= 15 is 0 Å². The molecule has 0 saturated carbocycles. The van der Waals surface area contributed by atoms with E-state index in [0.717, 1.165) is 12.8 Å². The minimum atomic E-state index is -2.55. The van der Waals surface area contributed by atoms with Crippen molar-refractivity contribution in [1.29, 1.82) is 0 Å². The maximum Gasteiger partial charge on any atom is 0.120 e. The van der Waals surface area contributed by atoms with Crippen LogP contribution in [0.5, 0.6) is 0 Å². The Hall–Kier alpha value is 0.0300. The summed E-state index contributed by atoms with van der Waals surface area (Å²) in [6.07, 6.45) is 5.48. The normalized spacial score (nSPS) is 13.2. The minimum absolute atomic E-state index is 0.345. The molecule has 0 radical (unpaired) electrons. The highest BCUT2D eigenvalue weighted by Crippen LogP contribution is 2.02. The molecule has 0 N–H and O–H groups in total. The highest BCUT2D eigenvalue weighted by atomic mass is 32.2. The van der Waals surface area contributed by atoms with E-state index in [1.807, 2.05) is 0 Å². The van der Waals surface area contributed by atoms with Gasteiger partial charge in [-0.25, -0.2) is 9.10 Å². The van der Waals surface area contributed by atoms with Gasteiger partial charge in [-0.05, 0) is 6.42 Å².